The van der Waals surface area contributed by atoms with Gasteiger partial charge in [-0.2, -0.15) is 0 Å². The van der Waals surface area contributed by atoms with E-state index in [1.165, 1.54) is 0 Å². The third kappa shape index (κ3) is 2.92. The van der Waals surface area contributed by atoms with Gasteiger partial charge in [-0.15, -0.1) is 0 Å². The third-order valence-corrected chi connectivity index (χ3v) is 3.48. The number of halogens is 6. The van der Waals surface area contributed by atoms with Crippen LogP contribution in [0, 0.1) is 29.1 Å². The molecule has 2 rings (SSSR count). The van der Waals surface area contributed by atoms with E-state index in [1.807, 2.05) is 5.43 Å². The molecule has 21 heavy (non-hydrogen) atoms. The van der Waals surface area contributed by atoms with Gasteiger partial charge in [-0.05, 0) is 28.1 Å². The van der Waals surface area contributed by atoms with Gasteiger partial charge >= 0.3 is 0 Å². The molecule has 0 heterocycles. The van der Waals surface area contributed by atoms with Crippen LogP contribution in [0.3, 0.4) is 0 Å². The minimum atomic E-state index is -1.66. The molecule has 0 bridgehead atoms. The normalized spacial score (nSPS) is 12.5. The van der Waals surface area contributed by atoms with Crippen LogP contribution in [0.1, 0.15) is 17.2 Å². The van der Waals surface area contributed by atoms with Crippen molar-refractivity contribution in [2.45, 2.75) is 6.04 Å². The fraction of sp³-hybridized carbons (Fsp3) is 0.0769. The lowest BCUT2D eigenvalue weighted by molar-refractivity contribution is 0.463. The number of rotatable bonds is 3. The number of hydrazine groups is 1. The zero-order valence-corrected chi connectivity index (χ0v) is 11.8. The smallest absolute Gasteiger partial charge is 0.145 e. The summed E-state index contributed by atoms with van der Waals surface area (Å²) in [5, 5.41) is 0. The molecule has 1 atom stereocenters. The van der Waals surface area contributed by atoms with E-state index in [9.17, 15) is 22.0 Å². The summed E-state index contributed by atoms with van der Waals surface area (Å²) in [7, 11) is 0. The molecule has 0 aliphatic carbocycles. The Morgan fingerprint density at radius 1 is 0.905 bits per heavy atom. The molecule has 0 amide bonds. The maximum absolute atomic E-state index is 14.0. The number of nitrogens with two attached hydrogens (primary N) is 1. The van der Waals surface area contributed by atoms with Crippen molar-refractivity contribution in [2.24, 2.45) is 5.84 Å². The lowest BCUT2D eigenvalue weighted by atomic mass is 9.97. The zero-order chi connectivity index (χ0) is 15.7. The maximum atomic E-state index is 14.0. The van der Waals surface area contributed by atoms with Crippen molar-refractivity contribution in [3.63, 3.8) is 0 Å². The Bertz CT molecular complexity index is 669. The largest absolute Gasteiger partial charge is 0.271 e. The Labute approximate surface area is 124 Å². The van der Waals surface area contributed by atoms with E-state index in [0.717, 1.165) is 12.1 Å². The van der Waals surface area contributed by atoms with Crippen LogP contribution in [-0.4, -0.2) is 0 Å². The van der Waals surface area contributed by atoms with Gasteiger partial charge in [-0.3, -0.25) is 5.84 Å². The Kier molecular flexibility index (Phi) is 4.60. The van der Waals surface area contributed by atoms with Gasteiger partial charge in [0.15, 0.2) is 0 Å². The number of benzene rings is 2. The first-order valence-electron chi connectivity index (χ1n) is 5.60. The molecule has 2 aromatic rings. The lowest BCUT2D eigenvalue weighted by Crippen LogP contribution is -2.32. The van der Waals surface area contributed by atoms with Gasteiger partial charge in [0.25, 0.3) is 0 Å². The highest BCUT2D eigenvalue weighted by atomic mass is 79.9. The van der Waals surface area contributed by atoms with Crippen LogP contribution in [0.25, 0.3) is 0 Å². The van der Waals surface area contributed by atoms with E-state index >= 15 is 0 Å². The second kappa shape index (κ2) is 6.08. The second-order valence-electron chi connectivity index (χ2n) is 4.14. The van der Waals surface area contributed by atoms with Crippen LogP contribution in [-0.2, 0) is 0 Å². The molecule has 0 aliphatic heterocycles. The number of hydrogen-bond acceptors (Lipinski definition) is 2. The zero-order valence-electron chi connectivity index (χ0n) is 10.2. The lowest BCUT2D eigenvalue weighted by Gasteiger charge is -2.20. The summed E-state index contributed by atoms with van der Waals surface area (Å²) in [6.45, 7) is 0. The average Bonchev–Trinajstić information content (AvgIpc) is 2.40. The average molecular weight is 367 g/mol. The highest BCUT2D eigenvalue weighted by Gasteiger charge is 2.28. The van der Waals surface area contributed by atoms with Crippen LogP contribution in [0.2, 0.25) is 0 Å². The molecular formula is C13H8BrF5N2. The van der Waals surface area contributed by atoms with Gasteiger partial charge in [0.05, 0.1) is 10.5 Å². The SMILES string of the molecule is NNC(c1c(F)cc(F)cc1F)c1c(F)ccc(Br)c1F. The third-order valence-electron chi connectivity index (χ3n) is 2.87. The van der Waals surface area contributed by atoms with Crippen molar-refractivity contribution in [2.75, 3.05) is 0 Å². The predicted molar refractivity (Wildman–Crippen MR) is 69.5 cm³/mol. The monoisotopic (exact) mass is 366 g/mol. The van der Waals surface area contributed by atoms with Crippen molar-refractivity contribution >= 4 is 15.9 Å². The van der Waals surface area contributed by atoms with Gasteiger partial charge in [-0.25, -0.2) is 27.4 Å². The summed E-state index contributed by atoms with van der Waals surface area (Å²) < 4.78 is 68.2. The Morgan fingerprint density at radius 2 is 1.48 bits per heavy atom. The quantitative estimate of drug-likeness (QED) is 0.376. The molecule has 8 heteroatoms. The van der Waals surface area contributed by atoms with Crippen molar-refractivity contribution in [3.05, 3.63) is 69.0 Å². The van der Waals surface area contributed by atoms with Crippen LogP contribution in [0.15, 0.2) is 28.7 Å². The molecule has 0 radical (unpaired) electrons. The summed E-state index contributed by atoms with van der Waals surface area (Å²) in [5.41, 5.74) is 0.475. The summed E-state index contributed by atoms with van der Waals surface area (Å²) in [5.74, 6) is -0.722. The molecule has 1 unspecified atom stereocenters. The summed E-state index contributed by atoms with van der Waals surface area (Å²) in [4.78, 5) is 0. The van der Waals surface area contributed by atoms with E-state index in [-0.39, 0.29) is 4.47 Å². The predicted octanol–water partition coefficient (Wildman–Crippen LogP) is 3.70. The molecule has 0 aromatic heterocycles. The number of nitrogens with one attached hydrogen (secondary N) is 1. The van der Waals surface area contributed by atoms with Gasteiger partial charge in [0, 0.05) is 23.3 Å². The first-order chi connectivity index (χ1) is 9.86. The first kappa shape index (κ1) is 15.9. The fourth-order valence-electron chi connectivity index (χ4n) is 1.95. The minimum absolute atomic E-state index is 0.109. The topological polar surface area (TPSA) is 38.0 Å². The minimum Gasteiger partial charge on any atom is -0.271 e. The molecule has 0 saturated heterocycles. The van der Waals surface area contributed by atoms with Crippen LogP contribution < -0.4 is 11.3 Å². The van der Waals surface area contributed by atoms with E-state index in [4.69, 9.17) is 5.84 Å². The van der Waals surface area contributed by atoms with Crippen molar-refractivity contribution in [1.29, 1.82) is 0 Å². The highest BCUT2D eigenvalue weighted by Crippen LogP contribution is 2.33. The van der Waals surface area contributed by atoms with Crippen LogP contribution >= 0.6 is 15.9 Å². The van der Waals surface area contributed by atoms with Crippen molar-refractivity contribution in [1.82, 2.24) is 5.43 Å². The van der Waals surface area contributed by atoms with Gasteiger partial charge in [0.2, 0.25) is 0 Å². The van der Waals surface area contributed by atoms with Crippen LogP contribution in [0.5, 0.6) is 0 Å². The Morgan fingerprint density at radius 3 is 2.00 bits per heavy atom. The maximum Gasteiger partial charge on any atom is 0.145 e. The summed E-state index contributed by atoms with van der Waals surface area (Å²) in [6, 6.07) is 1.14. The number of hydrogen-bond donors (Lipinski definition) is 2. The van der Waals surface area contributed by atoms with E-state index in [0.29, 0.717) is 12.1 Å². The Hall–Kier alpha value is -1.51. The van der Waals surface area contributed by atoms with E-state index in [1.54, 1.807) is 0 Å². The van der Waals surface area contributed by atoms with E-state index in [2.05, 4.69) is 15.9 Å². The summed E-state index contributed by atoms with van der Waals surface area (Å²) in [6.07, 6.45) is 0. The molecule has 0 spiro atoms. The molecular weight excluding hydrogens is 359 g/mol. The molecule has 2 aromatic carbocycles. The highest BCUT2D eigenvalue weighted by molar-refractivity contribution is 9.10. The molecule has 0 saturated carbocycles. The molecule has 2 nitrogen and oxygen atoms in total. The molecule has 0 aliphatic rings. The molecule has 112 valence electrons. The van der Waals surface area contributed by atoms with Gasteiger partial charge < -0.3 is 0 Å². The summed E-state index contributed by atoms with van der Waals surface area (Å²) >= 11 is 2.84. The second-order valence-corrected chi connectivity index (χ2v) is 4.99. The first-order valence-corrected chi connectivity index (χ1v) is 6.40. The molecule has 3 N–H and O–H groups in total. The Balaban J connectivity index is 2.69. The van der Waals surface area contributed by atoms with Crippen molar-refractivity contribution in [3.8, 4) is 0 Å². The van der Waals surface area contributed by atoms with Gasteiger partial charge in [-0.1, -0.05) is 0 Å². The van der Waals surface area contributed by atoms with Gasteiger partial charge in [0.1, 0.15) is 29.1 Å². The van der Waals surface area contributed by atoms with E-state index < -0.39 is 46.3 Å². The fourth-order valence-corrected chi connectivity index (χ4v) is 2.29. The molecule has 0 fully saturated rings. The van der Waals surface area contributed by atoms with Crippen molar-refractivity contribution < 1.29 is 22.0 Å². The van der Waals surface area contributed by atoms with Crippen LogP contribution in [0.4, 0.5) is 22.0 Å². The standard InChI is InChI=1S/C13H8BrF5N2/c14-6-1-2-7(16)11(12(6)19)13(21-20)10-8(17)3-5(15)4-9(10)18/h1-4,13,21H,20H2.